The third-order valence-electron chi connectivity index (χ3n) is 3.06. The van der Waals surface area contributed by atoms with E-state index in [0.717, 1.165) is 4.90 Å². The number of ether oxygens (including phenoxy) is 1. The molecule has 0 aromatic carbocycles. The van der Waals surface area contributed by atoms with E-state index in [1.165, 1.54) is 4.31 Å². The van der Waals surface area contributed by atoms with Crippen molar-refractivity contribution in [3.63, 3.8) is 0 Å². The molecule has 0 bridgehead atoms. The fraction of sp³-hybridized carbons (Fsp3) is 0.800. The lowest BCUT2D eigenvalue weighted by Crippen LogP contribution is -2.54. The Morgan fingerprint density at radius 3 is 2.50 bits per heavy atom. The van der Waals surface area contributed by atoms with Gasteiger partial charge in [0.05, 0.1) is 5.75 Å². The number of carbonyl (C=O) groups is 2. The number of nitrogens with zero attached hydrogens (tertiary/aromatic N) is 2. The second kappa shape index (κ2) is 4.85. The molecule has 2 saturated heterocycles. The van der Waals surface area contributed by atoms with E-state index >= 15 is 0 Å². The molecule has 8 heteroatoms. The van der Waals surface area contributed by atoms with Crippen LogP contribution in [0.15, 0.2) is 0 Å². The van der Waals surface area contributed by atoms with Crippen LogP contribution in [0.4, 0.5) is 4.79 Å². The zero-order chi connectivity index (χ0) is 13.3. The Labute approximate surface area is 106 Å². The molecule has 0 aliphatic carbocycles. The van der Waals surface area contributed by atoms with Crippen molar-refractivity contribution in [1.82, 2.24) is 9.21 Å². The minimum Gasteiger partial charge on any atom is -0.439 e. The van der Waals surface area contributed by atoms with Gasteiger partial charge in [0.15, 0.2) is 6.61 Å². The number of amides is 2. The Morgan fingerprint density at radius 1 is 1.33 bits per heavy atom. The van der Waals surface area contributed by atoms with Crippen LogP contribution in [0.25, 0.3) is 0 Å². The maximum atomic E-state index is 11.7. The number of hydrogen-bond acceptors (Lipinski definition) is 5. The number of sulfonamides is 1. The Morgan fingerprint density at radius 2 is 2.00 bits per heavy atom. The smallest absolute Gasteiger partial charge is 0.417 e. The molecule has 0 aromatic rings. The monoisotopic (exact) mass is 276 g/mol. The average Bonchev–Trinajstić information content (AvgIpc) is 2.52. The van der Waals surface area contributed by atoms with Crippen LogP contribution in [-0.2, 0) is 19.6 Å². The lowest BCUT2D eigenvalue weighted by atomic mass is 10.0. The van der Waals surface area contributed by atoms with Gasteiger partial charge in [-0.25, -0.2) is 22.4 Å². The second-order valence-electron chi connectivity index (χ2n) is 4.56. The van der Waals surface area contributed by atoms with Gasteiger partial charge in [-0.05, 0) is 6.42 Å². The summed E-state index contributed by atoms with van der Waals surface area (Å²) < 4.78 is 29.3. The number of imide groups is 1. The summed E-state index contributed by atoms with van der Waals surface area (Å²) in [5.41, 5.74) is 0. The molecule has 0 unspecified atom stereocenters. The fourth-order valence-electron chi connectivity index (χ4n) is 2.07. The van der Waals surface area contributed by atoms with E-state index in [1.807, 2.05) is 6.92 Å². The van der Waals surface area contributed by atoms with Crippen molar-refractivity contribution in [1.29, 1.82) is 0 Å². The summed E-state index contributed by atoms with van der Waals surface area (Å²) in [6.45, 7) is 2.60. The molecular formula is C10H16N2O5S. The van der Waals surface area contributed by atoms with Gasteiger partial charge >= 0.3 is 6.09 Å². The largest absolute Gasteiger partial charge is 0.439 e. The minimum absolute atomic E-state index is 0.0197. The maximum Gasteiger partial charge on any atom is 0.417 e. The third kappa shape index (κ3) is 2.49. The molecule has 102 valence electrons. The van der Waals surface area contributed by atoms with Gasteiger partial charge in [-0.1, -0.05) is 6.92 Å². The summed E-state index contributed by atoms with van der Waals surface area (Å²) >= 11 is 0. The van der Waals surface area contributed by atoms with E-state index in [2.05, 4.69) is 4.74 Å². The number of carbonyl (C=O) groups excluding carboxylic acids is 2. The maximum absolute atomic E-state index is 11.7. The molecule has 2 fully saturated rings. The van der Waals surface area contributed by atoms with Crippen LogP contribution in [0.5, 0.6) is 0 Å². The summed E-state index contributed by atoms with van der Waals surface area (Å²) in [6, 6.07) is 0. The van der Waals surface area contributed by atoms with Crippen LogP contribution in [-0.4, -0.2) is 61.6 Å². The molecule has 2 rings (SSSR count). The van der Waals surface area contributed by atoms with Crippen LogP contribution in [0.3, 0.4) is 0 Å². The molecule has 0 radical (unpaired) electrons. The van der Waals surface area contributed by atoms with Gasteiger partial charge < -0.3 is 4.74 Å². The van der Waals surface area contributed by atoms with Crippen molar-refractivity contribution in [3.8, 4) is 0 Å². The quantitative estimate of drug-likeness (QED) is 0.684. The van der Waals surface area contributed by atoms with Crippen molar-refractivity contribution < 1.29 is 22.7 Å². The SMILES string of the molecule is CCCS(=O)(=O)N1CC(CN2C(=O)COC2=O)C1. The van der Waals surface area contributed by atoms with Crippen LogP contribution in [0.2, 0.25) is 0 Å². The van der Waals surface area contributed by atoms with Gasteiger partial charge in [-0.3, -0.25) is 4.79 Å². The molecule has 2 heterocycles. The average molecular weight is 276 g/mol. The third-order valence-corrected chi connectivity index (χ3v) is 5.07. The molecule has 0 N–H and O–H groups in total. The zero-order valence-corrected chi connectivity index (χ0v) is 11.0. The first-order valence-electron chi connectivity index (χ1n) is 5.89. The minimum atomic E-state index is -3.15. The van der Waals surface area contributed by atoms with Gasteiger partial charge in [-0.15, -0.1) is 0 Å². The molecule has 0 atom stereocenters. The summed E-state index contributed by atoms with van der Waals surface area (Å²) in [7, 11) is -3.15. The van der Waals surface area contributed by atoms with Crippen molar-refractivity contribution in [2.75, 3.05) is 32.0 Å². The normalized spacial score (nSPS) is 22.2. The first-order chi connectivity index (χ1) is 8.44. The number of cyclic esters (lactones) is 1. The molecule has 18 heavy (non-hydrogen) atoms. The van der Waals surface area contributed by atoms with E-state index in [4.69, 9.17) is 0 Å². The number of hydrogen-bond donors (Lipinski definition) is 0. The molecule has 2 amide bonds. The summed E-state index contributed by atoms with van der Waals surface area (Å²) in [6.07, 6.45) is -0.0460. The topological polar surface area (TPSA) is 84.0 Å². The number of rotatable bonds is 5. The highest BCUT2D eigenvalue weighted by molar-refractivity contribution is 7.89. The van der Waals surface area contributed by atoms with E-state index in [0.29, 0.717) is 19.5 Å². The van der Waals surface area contributed by atoms with Gasteiger partial charge in [0.25, 0.3) is 5.91 Å². The van der Waals surface area contributed by atoms with Gasteiger partial charge in [0.2, 0.25) is 10.0 Å². The Bertz CT molecular complexity index is 439. The lowest BCUT2D eigenvalue weighted by molar-refractivity contribution is -0.126. The van der Waals surface area contributed by atoms with E-state index < -0.39 is 16.1 Å². The van der Waals surface area contributed by atoms with E-state index in [-0.39, 0.29) is 30.7 Å². The van der Waals surface area contributed by atoms with Crippen LogP contribution in [0, 0.1) is 5.92 Å². The van der Waals surface area contributed by atoms with Crippen molar-refractivity contribution in [2.45, 2.75) is 13.3 Å². The standard InChI is InChI=1S/C10H16N2O5S/c1-2-3-18(15,16)11-4-8(5-11)6-12-9(13)7-17-10(12)14/h8H,2-7H2,1H3. The summed E-state index contributed by atoms with van der Waals surface area (Å²) in [5.74, 6) is -0.189. The van der Waals surface area contributed by atoms with Crippen molar-refractivity contribution in [3.05, 3.63) is 0 Å². The Kier molecular flexibility index (Phi) is 3.58. The predicted molar refractivity (Wildman–Crippen MR) is 62.2 cm³/mol. The van der Waals surface area contributed by atoms with Gasteiger partial charge in [0, 0.05) is 25.6 Å². The second-order valence-corrected chi connectivity index (χ2v) is 6.65. The van der Waals surface area contributed by atoms with Crippen LogP contribution in [0.1, 0.15) is 13.3 Å². The highest BCUT2D eigenvalue weighted by Gasteiger charge is 2.40. The first kappa shape index (κ1) is 13.3. The van der Waals surface area contributed by atoms with Gasteiger partial charge in [0.1, 0.15) is 0 Å². The molecular weight excluding hydrogens is 260 g/mol. The van der Waals surface area contributed by atoms with Crippen LogP contribution >= 0.6 is 0 Å². The predicted octanol–water partition coefficient (Wildman–Crippen LogP) is -0.363. The van der Waals surface area contributed by atoms with E-state index in [9.17, 15) is 18.0 Å². The lowest BCUT2D eigenvalue weighted by Gasteiger charge is -2.38. The summed E-state index contributed by atoms with van der Waals surface area (Å²) in [4.78, 5) is 23.5. The Balaban J connectivity index is 1.83. The van der Waals surface area contributed by atoms with Crippen LogP contribution < -0.4 is 0 Å². The van der Waals surface area contributed by atoms with Crippen molar-refractivity contribution >= 4 is 22.0 Å². The Hall–Kier alpha value is -1.15. The molecule has 7 nitrogen and oxygen atoms in total. The molecule has 0 spiro atoms. The zero-order valence-electron chi connectivity index (χ0n) is 10.2. The first-order valence-corrected chi connectivity index (χ1v) is 7.50. The fourth-order valence-corrected chi connectivity index (χ4v) is 3.72. The highest BCUT2D eigenvalue weighted by Crippen LogP contribution is 2.22. The summed E-state index contributed by atoms with van der Waals surface area (Å²) in [5, 5.41) is 0. The molecule has 0 saturated carbocycles. The highest BCUT2D eigenvalue weighted by atomic mass is 32.2. The van der Waals surface area contributed by atoms with Gasteiger partial charge in [-0.2, -0.15) is 0 Å². The molecule has 2 aliphatic rings. The van der Waals surface area contributed by atoms with E-state index in [1.54, 1.807) is 0 Å². The molecule has 2 aliphatic heterocycles. The molecule has 0 aromatic heterocycles. The van der Waals surface area contributed by atoms with Crippen molar-refractivity contribution in [2.24, 2.45) is 5.92 Å².